The van der Waals surface area contributed by atoms with Gasteiger partial charge in [-0.25, -0.2) is 4.98 Å². The number of likely N-dealkylation sites (tertiary alicyclic amines) is 1. The second-order valence-corrected chi connectivity index (χ2v) is 7.36. The number of pyridine rings is 1. The van der Waals surface area contributed by atoms with E-state index in [1.54, 1.807) is 7.11 Å². The number of benzene rings is 1. The van der Waals surface area contributed by atoms with Crippen molar-refractivity contribution in [3.63, 3.8) is 0 Å². The molecule has 27 heavy (non-hydrogen) atoms. The lowest BCUT2D eigenvalue weighted by molar-refractivity contribution is 0.321. The van der Waals surface area contributed by atoms with Gasteiger partial charge in [-0.15, -0.1) is 0 Å². The summed E-state index contributed by atoms with van der Waals surface area (Å²) >= 11 is 0. The summed E-state index contributed by atoms with van der Waals surface area (Å²) in [6.45, 7) is 6.48. The smallest absolute Gasteiger partial charge is 0.125 e. The van der Waals surface area contributed by atoms with Gasteiger partial charge in [0.25, 0.3) is 0 Å². The van der Waals surface area contributed by atoms with Gasteiger partial charge >= 0.3 is 0 Å². The minimum atomic E-state index is 0.559. The molecule has 1 aliphatic heterocycles. The zero-order valence-corrected chi connectivity index (χ0v) is 16.6. The summed E-state index contributed by atoms with van der Waals surface area (Å²) in [6.07, 6.45) is 5.66. The molecule has 0 unspecified atom stereocenters. The first-order chi connectivity index (χ1) is 13.2. The number of nitrogens with zero attached hydrogens (tertiary/aromatic N) is 2. The van der Waals surface area contributed by atoms with E-state index >= 15 is 0 Å². The van der Waals surface area contributed by atoms with Crippen LogP contribution in [0.5, 0.6) is 5.75 Å². The first-order valence-electron chi connectivity index (χ1n) is 10.1. The fraction of sp³-hybridized carbons (Fsp3) is 0.500. The summed E-state index contributed by atoms with van der Waals surface area (Å²) in [4.78, 5) is 7.00. The number of ether oxygens (including phenoxy) is 1. The third-order valence-corrected chi connectivity index (χ3v) is 5.09. The lowest BCUT2D eigenvalue weighted by Crippen LogP contribution is -2.18. The lowest BCUT2D eigenvalue weighted by Gasteiger charge is -2.17. The van der Waals surface area contributed by atoms with Crippen molar-refractivity contribution in [1.82, 2.24) is 9.88 Å². The number of rotatable bonds is 9. The van der Waals surface area contributed by atoms with Gasteiger partial charge in [0.1, 0.15) is 11.6 Å². The number of anilines is 2. The first-order valence-corrected chi connectivity index (χ1v) is 10.1. The minimum absolute atomic E-state index is 0.559. The van der Waals surface area contributed by atoms with Crippen LogP contribution in [-0.4, -0.2) is 36.6 Å². The zero-order chi connectivity index (χ0) is 19.1. The third-order valence-electron chi connectivity index (χ3n) is 5.09. The van der Waals surface area contributed by atoms with Gasteiger partial charge in [-0.1, -0.05) is 25.5 Å². The van der Waals surface area contributed by atoms with Crippen molar-refractivity contribution in [2.24, 2.45) is 0 Å². The maximum atomic E-state index is 6.01. The van der Waals surface area contributed by atoms with E-state index in [9.17, 15) is 0 Å². The monoisotopic (exact) mass is 368 g/mol. The van der Waals surface area contributed by atoms with E-state index in [0.717, 1.165) is 43.1 Å². The molecule has 0 amide bonds. The van der Waals surface area contributed by atoms with Gasteiger partial charge in [0.2, 0.25) is 0 Å². The predicted molar refractivity (Wildman–Crippen MR) is 112 cm³/mol. The van der Waals surface area contributed by atoms with Gasteiger partial charge in [-0.05, 0) is 50.0 Å². The Morgan fingerprint density at radius 3 is 2.74 bits per heavy atom. The van der Waals surface area contributed by atoms with Crippen LogP contribution in [0.4, 0.5) is 11.5 Å². The summed E-state index contributed by atoms with van der Waals surface area (Å²) in [5.41, 5.74) is 10.5. The molecule has 2 aromatic rings. The molecule has 1 aromatic carbocycles. The van der Waals surface area contributed by atoms with E-state index in [1.807, 2.05) is 6.07 Å². The van der Waals surface area contributed by atoms with Crippen LogP contribution in [0.3, 0.4) is 0 Å². The second kappa shape index (κ2) is 9.60. The molecule has 5 heteroatoms. The molecule has 0 aliphatic carbocycles. The van der Waals surface area contributed by atoms with Gasteiger partial charge in [0, 0.05) is 42.5 Å². The number of nitrogens with one attached hydrogen (secondary N) is 1. The first kappa shape index (κ1) is 19.5. The molecule has 0 atom stereocenters. The Balaban J connectivity index is 1.71. The molecule has 1 aliphatic rings. The lowest BCUT2D eigenvalue weighted by atomic mass is 10.0. The van der Waals surface area contributed by atoms with E-state index in [-0.39, 0.29) is 0 Å². The maximum absolute atomic E-state index is 6.01. The summed E-state index contributed by atoms with van der Waals surface area (Å²) in [6, 6.07) is 10.5. The third kappa shape index (κ3) is 5.60. The SMILES string of the molecule is CCCCNc1cc(N)nc(Cc2ccc(CN3CCCC3)c(OC)c2)c1. The fourth-order valence-corrected chi connectivity index (χ4v) is 3.63. The van der Waals surface area contributed by atoms with Crippen molar-refractivity contribution in [3.05, 3.63) is 47.2 Å². The number of nitrogen functional groups attached to an aromatic ring is 1. The summed E-state index contributed by atoms with van der Waals surface area (Å²) < 4.78 is 5.66. The number of methoxy groups -OCH3 is 1. The molecule has 2 heterocycles. The molecule has 0 radical (unpaired) electrons. The second-order valence-electron chi connectivity index (χ2n) is 7.36. The highest BCUT2D eigenvalue weighted by molar-refractivity contribution is 5.52. The van der Waals surface area contributed by atoms with Crippen LogP contribution in [0.15, 0.2) is 30.3 Å². The number of hydrogen-bond donors (Lipinski definition) is 2. The van der Waals surface area contributed by atoms with E-state index in [2.05, 4.69) is 46.4 Å². The van der Waals surface area contributed by atoms with Crippen molar-refractivity contribution in [2.75, 3.05) is 37.8 Å². The zero-order valence-electron chi connectivity index (χ0n) is 16.6. The molecule has 0 spiro atoms. The average Bonchev–Trinajstić information content (AvgIpc) is 3.16. The molecule has 5 nitrogen and oxygen atoms in total. The highest BCUT2D eigenvalue weighted by Gasteiger charge is 2.14. The number of unbranched alkanes of at least 4 members (excludes halogenated alkanes) is 1. The maximum Gasteiger partial charge on any atom is 0.125 e. The summed E-state index contributed by atoms with van der Waals surface area (Å²) in [5.74, 6) is 1.52. The molecule has 1 aromatic heterocycles. The van der Waals surface area contributed by atoms with Gasteiger partial charge in [-0.3, -0.25) is 4.90 Å². The van der Waals surface area contributed by atoms with E-state index < -0.39 is 0 Å². The Hall–Kier alpha value is -2.27. The van der Waals surface area contributed by atoms with Gasteiger partial charge in [0.05, 0.1) is 7.11 Å². The highest BCUT2D eigenvalue weighted by atomic mass is 16.5. The quantitative estimate of drug-likeness (QED) is 0.653. The molecule has 146 valence electrons. The molecule has 0 saturated carbocycles. The molecule has 3 rings (SSSR count). The van der Waals surface area contributed by atoms with Crippen molar-refractivity contribution < 1.29 is 4.74 Å². The van der Waals surface area contributed by atoms with E-state index in [1.165, 1.54) is 43.5 Å². The van der Waals surface area contributed by atoms with Crippen molar-refractivity contribution in [1.29, 1.82) is 0 Å². The molecule has 0 bridgehead atoms. The molecular formula is C22H32N4O. The Kier molecular flexibility index (Phi) is 6.93. The van der Waals surface area contributed by atoms with Gasteiger partial charge in [-0.2, -0.15) is 0 Å². The van der Waals surface area contributed by atoms with Crippen LogP contribution < -0.4 is 15.8 Å². The number of hydrogen-bond acceptors (Lipinski definition) is 5. The number of nitrogens with two attached hydrogens (primary N) is 1. The molecule has 1 saturated heterocycles. The van der Waals surface area contributed by atoms with Crippen LogP contribution in [0.25, 0.3) is 0 Å². The number of aromatic nitrogens is 1. The molecular weight excluding hydrogens is 336 g/mol. The largest absolute Gasteiger partial charge is 0.496 e. The fourth-order valence-electron chi connectivity index (χ4n) is 3.63. The van der Waals surface area contributed by atoms with Crippen molar-refractivity contribution in [3.8, 4) is 5.75 Å². The van der Waals surface area contributed by atoms with Gasteiger partial charge < -0.3 is 15.8 Å². The van der Waals surface area contributed by atoms with Crippen LogP contribution in [0.2, 0.25) is 0 Å². The summed E-state index contributed by atoms with van der Waals surface area (Å²) in [7, 11) is 1.75. The standard InChI is InChI=1S/C22H32N4O/c1-3-4-9-24-19-14-20(25-22(23)15-19)12-17-7-8-18(21(13-17)27-2)16-26-10-5-6-11-26/h7-8,13-15H,3-6,9-12,16H2,1-2H3,(H3,23,24,25). The van der Waals surface area contributed by atoms with E-state index in [0.29, 0.717) is 5.82 Å². The van der Waals surface area contributed by atoms with Crippen molar-refractivity contribution >= 4 is 11.5 Å². The van der Waals surface area contributed by atoms with Crippen LogP contribution in [-0.2, 0) is 13.0 Å². The minimum Gasteiger partial charge on any atom is -0.496 e. The van der Waals surface area contributed by atoms with Crippen LogP contribution in [0.1, 0.15) is 49.4 Å². The van der Waals surface area contributed by atoms with Crippen LogP contribution in [0, 0.1) is 0 Å². The normalized spacial score (nSPS) is 14.4. The van der Waals surface area contributed by atoms with E-state index in [4.69, 9.17) is 10.5 Å². The Morgan fingerprint density at radius 2 is 2.00 bits per heavy atom. The highest BCUT2D eigenvalue weighted by Crippen LogP contribution is 2.25. The Morgan fingerprint density at radius 1 is 1.19 bits per heavy atom. The Bertz CT molecular complexity index is 741. The van der Waals surface area contributed by atoms with Gasteiger partial charge in [0.15, 0.2) is 0 Å². The summed E-state index contributed by atoms with van der Waals surface area (Å²) in [5, 5.41) is 3.43. The molecule has 3 N–H and O–H groups in total. The molecule has 1 fully saturated rings. The van der Waals surface area contributed by atoms with Crippen molar-refractivity contribution in [2.45, 2.75) is 45.6 Å². The topological polar surface area (TPSA) is 63.4 Å². The average molecular weight is 369 g/mol. The Labute approximate surface area is 162 Å². The van der Waals surface area contributed by atoms with Crippen LogP contribution >= 0.6 is 0 Å². The predicted octanol–water partition coefficient (Wildman–Crippen LogP) is 4.07.